The van der Waals surface area contributed by atoms with Crippen molar-refractivity contribution in [3.05, 3.63) is 0 Å². The van der Waals surface area contributed by atoms with Crippen molar-refractivity contribution >= 4 is 28.7 Å². The van der Waals surface area contributed by atoms with Crippen molar-refractivity contribution in [3.63, 3.8) is 0 Å². The van der Waals surface area contributed by atoms with Crippen molar-refractivity contribution in [2.45, 2.75) is 57.4 Å². The van der Waals surface area contributed by atoms with Crippen LogP contribution >= 0.6 is 0 Å². The number of ketones is 1. The van der Waals surface area contributed by atoms with E-state index in [1.165, 1.54) is 48.2 Å². The minimum atomic E-state index is -1.07. The molecule has 148 valence electrons. The molecule has 0 aromatic rings. The lowest BCUT2D eigenvalue weighted by Crippen LogP contribution is -2.11. The molecule has 1 unspecified atom stereocenters. The maximum atomic E-state index is 9.70. The van der Waals surface area contributed by atoms with Crippen LogP contribution in [-0.2, 0) is 34.4 Å². The molecule has 0 fully saturated rings. The topological polar surface area (TPSA) is 98.8 Å². The van der Waals surface area contributed by atoms with Gasteiger partial charge < -0.3 is 14.8 Å². The zero-order valence-electron chi connectivity index (χ0n) is 12.9. The maximum Gasteiger partial charge on any atom is 0.302 e. The summed E-state index contributed by atoms with van der Waals surface area (Å²) in [7, 11) is 4.35. The number of hydrogen-bond acceptors (Lipinski definition) is 6. The zero-order valence-corrected chi connectivity index (χ0v) is 13.7. The van der Waals surface area contributed by atoms with Crippen molar-refractivity contribution in [1.29, 1.82) is 0 Å². The smallest absolute Gasteiger partial charge is 0.302 e. The second-order valence-electron chi connectivity index (χ2n) is 2.98. The Labute approximate surface area is 147 Å². The Morgan fingerprint density at radius 1 is 0.870 bits per heavy atom. The van der Waals surface area contributed by atoms with Crippen LogP contribution in [-0.4, -0.2) is 49.4 Å². The zero-order chi connectivity index (χ0) is 16.4. The third-order valence-electron chi connectivity index (χ3n) is 0.874. The largest absolute Gasteiger partial charge is 0.469 e. The van der Waals surface area contributed by atoms with Gasteiger partial charge in [-0.2, -0.15) is 0 Å². The second kappa shape index (κ2) is 42.8. The fraction of sp³-hybridized carbons (Fsp3) is 0.800. The fourth-order valence-electron chi connectivity index (χ4n) is 0. The molecule has 0 saturated heterocycles. The highest BCUT2D eigenvalue weighted by Gasteiger charge is 1.75. The SMILES string of the molecule is C.C.C.C.CC(C)=O.CNC(C)=O.COC(C)=O.COS(C)=O. The number of amides is 1. The van der Waals surface area contributed by atoms with E-state index in [4.69, 9.17) is 0 Å². The number of esters is 1. The van der Waals surface area contributed by atoms with E-state index in [1.54, 1.807) is 7.05 Å². The second-order valence-corrected chi connectivity index (χ2v) is 4.11. The van der Waals surface area contributed by atoms with Crippen LogP contribution in [0.5, 0.6) is 0 Å². The van der Waals surface area contributed by atoms with Crippen LogP contribution in [0.25, 0.3) is 0 Å². The molecular formula is C15H41NO6S. The van der Waals surface area contributed by atoms with E-state index >= 15 is 0 Å². The lowest BCUT2D eigenvalue weighted by atomic mass is 10.6. The minimum absolute atomic E-state index is 0. The number of carbonyl (C=O) groups excluding carboxylic acids is 3. The first-order valence-corrected chi connectivity index (χ1v) is 6.61. The standard InChI is InChI=1S/C3H7NO.C3H6O2.C3H6O.C2H6O2S.4CH4/c1-3(5)4-2;1-3(4)5-2;1-3(2)4;1-4-5(2)3;;;;/h1-2H3,(H,4,5);1-2H3;1-2H3;1-2H3;4*1H4. The van der Waals surface area contributed by atoms with Gasteiger partial charge in [0.25, 0.3) is 0 Å². The Bertz CT molecular complexity index is 233. The molecule has 0 saturated carbocycles. The number of Topliss-reactive ketones (excluding diaryl/α,β-unsaturated/α-hetero) is 1. The van der Waals surface area contributed by atoms with E-state index in [-0.39, 0.29) is 47.4 Å². The van der Waals surface area contributed by atoms with Crippen LogP contribution in [0.15, 0.2) is 0 Å². The average Bonchev–Trinajstić information content (AvgIpc) is 2.29. The van der Waals surface area contributed by atoms with Crippen LogP contribution in [0.3, 0.4) is 0 Å². The molecule has 0 aromatic carbocycles. The van der Waals surface area contributed by atoms with Crippen molar-refractivity contribution in [2.75, 3.05) is 27.5 Å². The molecule has 23 heavy (non-hydrogen) atoms. The molecule has 0 heterocycles. The summed E-state index contributed by atoms with van der Waals surface area (Å²) in [4.78, 5) is 28.7. The van der Waals surface area contributed by atoms with Crippen LogP contribution in [0.1, 0.15) is 57.4 Å². The molecule has 0 spiro atoms. The van der Waals surface area contributed by atoms with E-state index in [2.05, 4.69) is 14.2 Å². The molecule has 0 bridgehead atoms. The van der Waals surface area contributed by atoms with Crippen molar-refractivity contribution in [1.82, 2.24) is 5.32 Å². The summed E-state index contributed by atoms with van der Waals surface area (Å²) < 4.78 is 18.0. The molecule has 0 radical (unpaired) electrons. The van der Waals surface area contributed by atoms with Gasteiger partial charge >= 0.3 is 5.97 Å². The summed E-state index contributed by atoms with van der Waals surface area (Å²) in [5.41, 5.74) is 0. The van der Waals surface area contributed by atoms with Crippen molar-refractivity contribution < 1.29 is 27.5 Å². The molecule has 0 aliphatic rings. The summed E-state index contributed by atoms with van der Waals surface area (Å²) >= 11 is -1.07. The van der Waals surface area contributed by atoms with Gasteiger partial charge in [0.1, 0.15) is 5.78 Å². The summed E-state index contributed by atoms with van der Waals surface area (Å²) in [6.45, 7) is 5.89. The van der Waals surface area contributed by atoms with E-state index in [0.717, 1.165) is 0 Å². The number of rotatable bonds is 1. The Balaban J connectivity index is -0.0000000206. The van der Waals surface area contributed by atoms with E-state index in [0.29, 0.717) is 0 Å². The Kier molecular flexibility index (Phi) is 92.2. The molecule has 1 atom stereocenters. The van der Waals surface area contributed by atoms with Gasteiger partial charge in [0.05, 0.1) is 14.2 Å². The van der Waals surface area contributed by atoms with Gasteiger partial charge in [0, 0.05) is 27.2 Å². The minimum Gasteiger partial charge on any atom is -0.469 e. The first-order chi connectivity index (χ1) is 8.54. The predicted octanol–water partition coefficient (Wildman–Crippen LogP) is 3.00. The molecular weight excluding hydrogens is 322 g/mol. The van der Waals surface area contributed by atoms with E-state index in [9.17, 15) is 18.6 Å². The Morgan fingerprint density at radius 3 is 1.00 bits per heavy atom. The summed E-state index contributed by atoms with van der Waals surface area (Å²) in [5.74, 6) is -0.0741. The van der Waals surface area contributed by atoms with Gasteiger partial charge in [-0.1, -0.05) is 29.7 Å². The highest BCUT2D eigenvalue weighted by molar-refractivity contribution is 7.79. The summed E-state index contributed by atoms with van der Waals surface area (Å²) in [5, 5.41) is 2.39. The number of methoxy groups -OCH3 is 1. The van der Waals surface area contributed by atoms with Crippen molar-refractivity contribution in [2.24, 2.45) is 0 Å². The van der Waals surface area contributed by atoms with Crippen molar-refractivity contribution in [3.8, 4) is 0 Å². The number of carbonyl (C=O) groups is 3. The molecule has 1 amide bonds. The molecule has 7 nitrogen and oxygen atoms in total. The molecule has 8 heteroatoms. The third kappa shape index (κ3) is 326. The van der Waals surface area contributed by atoms with Gasteiger partial charge in [-0.25, -0.2) is 4.21 Å². The Morgan fingerprint density at radius 2 is 1.00 bits per heavy atom. The first-order valence-electron chi connectivity index (χ1n) is 5.12. The number of hydrogen-bond donors (Lipinski definition) is 1. The lowest BCUT2D eigenvalue weighted by Gasteiger charge is -1.80. The molecule has 0 aliphatic carbocycles. The van der Waals surface area contributed by atoms with Gasteiger partial charge in [0.2, 0.25) is 5.91 Å². The number of ether oxygens (including phenoxy) is 1. The molecule has 0 aliphatic heterocycles. The van der Waals surface area contributed by atoms with Crippen LogP contribution < -0.4 is 5.32 Å². The Hall–Kier alpha value is -1.28. The van der Waals surface area contributed by atoms with Gasteiger partial charge in [-0.3, -0.25) is 13.8 Å². The summed E-state index contributed by atoms with van der Waals surface area (Å²) in [6.07, 6.45) is 1.47. The lowest BCUT2D eigenvalue weighted by molar-refractivity contribution is -0.138. The van der Waals surface area contributed by atoms with Crippen LogP contribution in [0.4, 0.5) is 0 Å². The normalized spacial score (nSPS) is 7.30. The quantitative estimate of drug-likeness (QED) is 0.719. The van der Waals surface area contributed by atoms with E-state index < -0.39 is 11.1 Å². The monoisotopic (exact) mass is 363 g/mol. The van der Waals surface area contributed by atoms with Crippen LogP contribution in [0, 0.1) is 0 Å². The molecule has 0 aromatic heterocycles. The number of nitrogens with one attached hydrogen (secondary N) is 1. The maximum absolute atomic E-state index is 9.70. The van der Waals surface area contributed by atoms with Gasteiger partial charge in [0.15, 0.2) is 11.1 Å². The first kappa shape index (κ1) is 49.5. The summed E-state index contributed by atoms with van der Waals surface area (Å²) in [6, 6.07) is 0. The van der Waals surface area contributed by atoms with E-state index in [1.807, 2.05) is 0 Å². The van der Waals surface area contributed by atoms with Gasteiger partial charge in [-0.15, -0.1) is 0 Å². The fourth-order valence-corrected chi connectivity index (χ4v) is 0. The van der Waals surface area contributed by atoms with Gasteiger partial charge in [-0.05, 0) is 13.8 Å². The highest BCUT2D eigenvalue weighted by Crippen LogP contribution is 1.65. The molecule has 0 rings (SSSR count). The average molecular weight is 364 g/mol. The third-order valence-corrected chi connectivity index (χ3v) is 1.34. The van der Waals surface area contributed by atoms with Crippen LogP contribution in [0.2, 0.25) is 0 Å². The highest BCUT2D eigenvalue weighted by atomic mass is 32.2. The predicted molar refractivity (Wildman–Crippen MR) is 102 cm³/mol. The molecule has 1 N–H and O–H groups in total.